The lowest BCUT2D eigenvalue weighted by atomic mass is 10.3. The predicted octanol–water partition coefficient (Wildman–Crippen LogP) is 2.81. The maximum atomic E-state index is 12.9. The van der Waals surface area contributed by atoms with Crippen molar-refractivity contribution in [2.24, 2.45) is 0 Å². The van der Waals surface area contributed by atoms with Gasteiger partial charge in [0, 0.05) is 9.98 Å². The average molecular weight is 204 g/mol. The summed E-state index contributed by atoms with van der Waals surface area (Å²) in [5.74, 6) is -0.0530. The zero-order chi connectivity index (χ0) is 8.97. The van der Waals surface area contributed by atoms with Gasteiger partial charge in [0.15, 0.2) is 11.6 Å². The van der Waals surface area contributed by atoms with Crippen LogP contribution < -0.4 is 4.74 Å². The van der Waals surface area contributed by atoms with Crippen LogP contribution in [-0.4, -0.2) is 12.2 Å². The molecule has 1 aromatic carbocycles. The normalized spacial score (nSPS) is 9.92. The first-order valence-corrected chi connectivity index (χ1v) is 4.97. The second-order valence-electron chi connectivity index (χ2n) is 2.07. The molecule has 0 atom stereocenters. The van der Waals surface area contributed by atoms with Crippen molar-refractivity contribution in [2.45, 2.75) is 4.90 Å². The molecule has 1 rings (SSSR count). The molecule has 4 heteroatoms. The van der Waals surface area contributed by atoms with Crippen LogP contribution in [0.3, 0.4) is 0 Å². The second-order valence-corrected chi connectivity index (χ2v) is 3.86. The molecule has 0 heterocycles. The van der Waals surface area contributed by atoms with Crippen molar-refractivity contribution < 1.29 is 9.13 Å². The van der Waals surface area contributed by atoms with E-state index in [9.17, 15) is 4.39 Å². The second kappa shape index (κ2) is 4.62. The number of thiol groups is 1. The molecule has 0 saturated heterocycles. The highest BCUT2D eigenvalue weighted by Crippen LogP contribution is 2.25. The summed E-state index contributed by atoms with van der Waals surface area (Å²) in [6, 6.07) is 4.76. The van der Waals surface area contributed by atoms with Crippen molar-refractivity contribution in [1.82, 2.24) is 0 Å². The van der Waals surface area contributed by atoms with E-state index < -0.39 is 0 Å². The molecule has 1 aromatic rings. The Bertz CT molecular complexity index is 265. The summed E-state index contributed by atoms with van der Waals surface area (Å²) in [6.07, 6.45) is 0. The van der Waals surface area contributed by atoms with Crippen LogP contribution in [0.2, 0.25) is 0 Å². The van der Waals surface area contributed by atoms with Gasteiger partial charge in [0.25, 0.3) is 0 Å². The fourth-order valence-electron chi connectivity index (χ4n) is 0.804. The Kier molecular flexibility index (Phi) is 3.75. The molecule has 66 valence electrons. The lowest BCUT2D eigenvalue weighted by molar-refractivity contribution is 0.385. The summed E-state index contributed by atoms with van der Waals surface area (Å²) in [4.78, 5) is 0.961. The smallest absolute Gasteiger partial charge is 0.165 e. The molecular formula is C8H9FOS2. The Balaban J connectivity index is 2.89. The largest absolute Gasteiger partial charge is 0.494 e. The van der Waals surface area contributed by atoms with Gasteiger partial charge in [-0.1, -0.05) is 0 Å². The topological polar surface area (TPSA) is 9.23 Å². The number of hydrogen-bond acceptors (Lipinski definition) is 3. The predicted molar refractivity (Wildman–Crippen MR) is 52.7 cm³/mol. The van der Waals surface area contributed by atoms with Gasteiger partial charge in [-0.15, -0.1) is 11.8 Å². The van der Waals surface area contributed by atoms with E-state index in [-0.39, 0.29) is 11.6 Å². The van der Waals surface area contributed by atoms with E-state index in [4.69, 9.17) is 4.74 Å². The number of halogens is 1. The van der Waals surface area contributed by atoms with Gasteiger partial charge in [-0.3, -0.25) is 0 Å². The monoisotopic (exact) mass is 204 g/mol. The Morgan fingerprint density at radius 1 is 1.58 bits per heavy atom. The lowest BCUT2D eigenvalue weighted by Gasteiger charge is -2.03. The maximum absolute atomic E-state index is 12.9. The molecular weight excluding hydrogens is 195 g/mol. The third kappa shape index (κ3) is 2.32. The molecule has 0 radical (unpaired) electrons. The highest BCUT2D eigenvalue weighted by atomic mass is 32.2. The molecule has 1 nitrogen and oxygen atoms in total. The van der Waals surface area contributed by atoms with Crippen LogP contribution in [0.4, 0.5) is 4.39 Å². The SMILES string of the molecule is COc1cc(SCS)ccc1F. The van der Waals surface area contributed by atoms with Gasteiger partial charge in [0.05, 0.1) is 7.11 Å². The highest BCUT2D eigenvalue weighted by molar-refractivity contribution is 8.09. The molecule has 0 aliphatic rings. The van der Waals surface area contributed by atoms with Gasteiger partial charge in [-0.2, -0.15) is 12.6 Å². The first kappa shape index (κ1) is 9.74. The van der Waals surface area contributed by atoms with Crippen LogP contribution in [0.15, 0.2) is 23.1 Å². The van der Waals surface area contributed by atoms with E-state index in [2.05, 4.69) is 12.6 Å². The molecule has 0 aliphatic heterocycles. The standard InChI is InChI=1S/C8H9FOS2/c1-10-8-4-6(12-5-11)2-3-7(8)9/h2-4,11H,5H2,1H3. The summed E-state index contributed by atoms with van der Waals surface area (Å²) in [6.45, 7) is 0. The molecule has 0 saturated carbocycles. The number of hydrogen-bond donors (Lipinski definition) is 1. The van der Waals surface area contributed by atoms with Crippen molar-refractivity contribution in [1.29, 1.82) is 0 Å². The summed E-state index contributed by atoms with van der Waals surface area (Å²) in [5, 5.41) is 0.675. The molecule has 0 bridgehead atoms. The summed E-state index contributed by atoms with van der Waals surface area (Å²) < 4.78 is 17.7. The van der Waals surface area contributed by atoms with E-state index in [1.807, 2.05) is 0 Å². The minimum Gasteiger partial charge on any atom is -0.494 e. The Labute approximate surface area is 80.7 Å². The van der Waals surface area contributed by atoms with Gasteiger partial charge in [-0.25, -0.2) is 4.39 Å². The molecule has 0 aromatic heterocycles. The van der Waals surface area contributed by atoms with Crippen LogP contribution in [0.25, 0.3) is 0 Å². The molecule has 0 aliphatic carbocycles. The Hall–Kier alpha value is -0.350. The van der Waals surface area contributed by atoms with Crippen molar-refractivity contribution in [3.8, 4) is 5.75 Å². The van der Waals surface area contributed by atoms with Crippen LogP contribution in [-0.2, 0) is 0 Å². The zero-order valence-corrected chi connectivity index (χ0v) is 8.29. The Morgan fingerprint density at radius 2 is 2.33 bits per heavy atom. The van der Waals surface area contributed by atoms with Crippen molar-refractivity contribution in [3.05, 3.63) is 24.0 Å². The van der Waals surface area contributed by atoms with Crippen molar-refractivity contribution >= 4 is 24.4 Å². The number of methoxy groups -OCH3 is 1. The van der Waals surface area contributed by atoms with Crippen molar-refractivity contribution in [2.75, 3.05) is 12.2 Å². The summed E-state index contributed by atoms with van der Waals surface area (Å²) in [7, 11) is 1.45. The fourth-order valence-corrected chi connectivity index (χ4v) is 1.76. The average Bonchev–Trinajstić information content (AvgIpc) is 2.09. The van der Waals surface area contributed by atoms with Gasteiger partial charge < -0.3 is 4.74 Å². The van der Waals surface area contributed by atoms with E-state index >= 15 is 0 Å². The molecule has 0 N–H and O–H groups in total. The maximum Gasteiger partial charge on any atom is 0.165 e. The zero-order valence-electron chi connectivity index (χ0n) is 6.58. The Morgan fingerprint density at radius 3 is 2.92 bits per heavy atom. The van der Waals surface area contributed by atoms with E-state index in [0.29, 0.717) is 5.08 Å². The number of benzene rings is 1. The quantitative estimate of drug-likeness (QED) is 0.460. The third-order valence-electron chi connectivity index (χ3n) is 1.35. The number of thioether (sulfide) groups is 1. The van der Waals surface area contributed by atoms with Gasteiger partial charge >= 0.3 is 0 Å². The molecule has 0 unspecified atom stereocenters. The molecule has 0 amide bonds. The number of rotatable bonds is 3. The van der Waals surface area contributed by atoms with E-state index in [0.717, 1.165) is 4.90 Å². The van der Waals surface area contributed by atoms with Crippen LogP contribution in [0.1, 0.15) is 0 Å². The van der Waals surface area contributed by atoms with Crippen molar-refractivity contribution in [3.63, 3.8) is 0 Å². The van der Waals surface area contributed by atoms with Crippen LogP contribution in [0, 0.1) is 5.82 Å². The van der Waals surface area contributed by atoms with Gasteiger partial charge in [-0.05, 0) is 18.2 Å². The highest BCUT2D eigenvalue weighted by Gasteiger charge is 2.02. The third-order valence-corrected chi connectivity index (χ3v) is 2.46. The van der Waals surface area contributed by atoms with Gasteiger partial charge in [0.2, 0.25) is 0 Å². The van der Waals surface area contributed by atoms with Gasteiger partial charge in [0.1, 0.15) is 0 Å². The molecule has 12 heavy (non-hydrogen) atoms. The first-order chi connectivity index (χ1) is 5.77. The van der Waals surface area contributed by atoms with E-state index in [1.54, 1.807) is 12.1 Å². The fraction of sp³-hybridized carbons (Fsp3) is 0.250. The van der Waals surface area contributed by atoms with Crippen LogP contribution in [0.5, 0.6) is 5.75 Å². The lowest BCUT2D eigenvalue weighted by Crippen LogP contribution is -1.87. The molecule has 0 fully saturated rings. The minimum atomic E-state index is -0.332. The van der Waals surface area contributed by atoms with E-state index in [1.165, 1.54) is 24.9 Å². The summed E-state index contributed by atoms with van der Waals surface area (Å²) >= 11 is 5.58. The summed E-state index contributed by atoms with van der Waals surface area (Å²) in [5.41, 5.74) is 0. The number of ether oxygens (including phenoxy) is 1. The first-order valence-electron chi connectivity index (χ1n) is 3.35. The van der Waals surface area contributed by atoms with Crippen LogP contribution >= 0.6 is 24.4 Å². The minimum absolute atomic E-state index is 0.279. The molecule has 0 spiro atoms.